The van der Waals surface area contributed by atoms with Gasteiger partial charge in [0, 0.05) is 62.2 Å². The van der Waals surface area contributed by atoms with Crippen LogP contribution in [0.4, 0.5) is 0 Å². The van der Waals surface area contributed by atoms with Gasteiger partial charge in [0.05, 0.1) is 13.2 Å². The lowest BCUT2D eigenvalue weighted by Gasteiger charge is -2.48. The highest BCUT2D eigenvalue weighted by molar-refractivity contribution is 5.22. The molecule has 0 radical (unpaired) electrons. The van der Waals surface area contributed by atoms with Crippen LogP contribution in [0.5, 0.6) is 0 Å². The molecule has 154 valence electrons. The molecule has 3 aliphatic heterocycles. The topological polar surface area (TPSA) is 46.9 Å². The molecule has 0 aromatic carbocycles. The van der Waals surface area contributed by atoms with Crippen LogP contribution in [0, 0.1) is 5.92 Å². The SMILES string of the molecule is CN(C)Cc1ccc2n(c1=O)C[C@H]1C[C@@H]2CN(C2CCC3(CC2)OCCO3)C1. The van der Waals surface area contributed by atoms with Crippen LogP contribution in [0.15, 0.2) is 16.9 Å². The standard InChI is InChI=1S/C22H33N3O3/c1-23(2)14-17-3-4-20-18-11-16(13-25(20)21(17)26)12-24(15-18)19-5-7-22(8-6-19)27-9-10-28-22/h3-4,16,18-19H,5-15H2,1-2H3/t16-,18+/m0/s1. The lowest BCUT2D eigenvalue weighted by Crippen LogP contribution is -2.52. The Hall–Kier alpha value is -1.21. The number of hydrogen-bond donors (Lipinski definition) is 0. The lowest BCUT2D eigenvalue weighted by atomic mass is 9.80. The van der Waals surface area contributed by atoms with E-state index in [9.17, 15) is 4.79 Å². The summed E-state index contributed by atoms with van der Waals surface area (Å²) in [6.45, 7) is 5.31. The number of fused-ring (bicyclic) bond motifs is 4. The van der Waals surface area contributed by atoms with E-state index in [0.29, 0.717) is 24.4 Å². The molecular weight excluding hydrogens is 354 g/mol. The zero-order valence-corrected chi connectivity index (χ0v) is 17.2. The summed E-state index contributed by atoms with van der Waals surface area (Å²) in [5, 5.41) is 0. The van der Waals surface area contributed by atoms with E-state index in [-0.39, 0.29) is 11.3 Å². The largest absolute Gasteiger partial charge is 0.348 e. The molecule has 1 aromatic rings. The molecule has 1 aliphatic carbocycles. The fourth-order valence-corrected chi connectivity index (χ4v) is 5.98. The first-order chi connectivity index (χ1) is 13.5. The number of pyridine rings is 1. The molecule has 2 bridgehead atoms. The van der Waals surface area contributed by atoms with Gasteiger partial charge in [0.25, 0.3) is 5.56 Å². The first-order valence-corrected chi connectivity index (χ1v) is 10.9. The monoisotopic (exact) mass is 387 g/mol. The maximum Gasteiger partial charge on any atom is 0.255 e. The van der Waals surface area contributed by atoms with E-state index in [1.165, 1.54) is 12.1 Å². The Bertz CT molecular complexity index is 774. The highest BCUT2D eigenvalue weighted by Crippen LogP contribution is 2.41. The number of nitrogens with zero attached hydrogens (tertiary/aromatic N) is 3. The van der Waals surface area contributed by atoms with E-state index in [1.807, 2.05) is 14.1 Å². The Balaban J connectivity index is 1.31. The van der Waals surface area contributed by atoms with Crippen LogP contribution in [0.1, 0.15) is 49.3 Å². The van der Waals surface area contributed by atoms with E-state index < -0.39 is 0 Å². The third-order valence-electron chi connectivity index (χ3n) is 7.24. The fourth-order valence-electron chi connectivity index (χ4n) is 5.98. The number of ether oxygens (including phenoxy) is 2. The Kier molecular flexibility index (Phi) is 4.86. The maximum atomic E-state index is 13.0. The molecule has 0 unspecified atom stereocenters. The summed E-state index contributed by atoms with van der Waals surface area (Å²) in [5.41, 5.74) is 2.40. The molecule has 0 amide bonds. The summed E-state index contributed by atoms with van der Waals surface area (Å²) < 4.78 is 13.9. The Morgan fingerprint density at radius 1 is 1.11 bits per heavy atom. The van der Waals surface area contributed by atoms with Crippen molar-refractivity contribution in [1.82, 2.24) is 14.4 Å². The minimum absolute atomic E-state index is 0.226. The predicted octanol–water partition coefficient (Wildman–Crippen LogP) is 2.01. The van der Waals surface area contributed by atoms with E-state index in [0.717, 1.165) is 64.1 Å². The van der Waals surface area contributed by atoms with Gasteiger partial charge in [0.1, 0.15) is 0 Å². The van der Waals surface area contributed by atoms with Gasteiger partial charge in [-0.05, 0) is 45.3 Å². The van der Waals surface area contributed by atoms with Crippen LogP contribution >= 0.6 is 0 Å². The molecule has 1 aromatic heterocycles. The third kappa shape index (κ3) is 3.34. The summed E-state index contributed by atoms with van der Waals surface area (Å²) in [4.78, 5) is 17.8. The number of likely N-dealkylation sites (tertiary alicyclic amines) is 1. The van der Waals surface area contributed by atoms with Crippen LogP contribution in [-0.2, 0) is 22.6 Å². The number of hydrogen-bond acceptors (Lipinski definition) is 5. The molecule has 28 heavy (non-hydrogen) atoms. The molecule has 0 N–H and O–H groups in total. The highest BCUT2D eigenvalue weighted by Gasteiger charge is 2.44. The molecule has 4 heterocycles. The summed E-state index contributed by atoms with van der Waals surface area (Å²) in [7, 11) is 4.04. The lowest BCUT2D eigenvalue weighted by molar-refractivity contribution is -0.185. The molecule has 6 nitrogen and oxygen atoms in total. The van der Waals surface area contributed by atoms with E-state index >= 15 is 0 Å². The summed E-state index contributed by atoms with van der Waals surface area (Å²) in [5.74, 6) is 0.808. The minimum Gasteiger partial charge on any atom is -0.348 e. The van der Waals surface area contributed by atoms with Crippen LogP contribution in [0.25, 0.3) is 0 Å². The van der Waals surface area contributed by atoms with Crippen molar-refractivity contribution in [3.05, 3.63) is 33.7 Å². The molecule has 4 aliphatic rings. The van der Waals surface area contributed by atoms with Gasteiger partial charge in [-0.1, -0.05) is 6.07 Å². The van der Waals surface area contributed by atoms with Crippen molar-refractivity contribution >= 4 is 0 Å². The Labute approximate surface area is 167 Å². The highest BCUT2D eigenvalue weighted by atomic mass is 16.7. The summed E-state index contributed by atoms with van der Waals surface area (Å²) >= 11 is 0. The Morgan fingerprint density at radius 2 is 1.86 bits per heavy atom. The van der Waals surface area contributed by atoms with Gasteiger partial charge in [-0.15, -0.1) is 0 Å². The number of piperidine rings is 1. The van der Waals surface area contributed by atoms with Gasteiger partial charge < -0.3 is 18.9 Å². The van der Waals surface area contributed by atoms with E-state index in [2.05, 4.69) is 26.5 Å². The molecule has 5 rings (SSSR count). The zero-order valence-electron chi connectivity index (χ0n) is 17.2. The molecule has 6 heteroatoms. The van der Waals surface area contributed by atoms with Crippen molar-refractivity contribution in [1.29, 1.82) is 0 Å². The van der Waals surface area contributed by atoms with Crippen molar-refractivity contribution in [3.8, 4) is 0 Å². The average molecular weight is 388 g/mol. The fraction of sp³-hybridized carbons (Fsp3) is 0.773. The summed E-state index contributed by atoms with van der Waals surface area (Å²) in [6.07, 6.45) is 5.59. The van der Waals surface area contributed by atoms with Gasteiger partial charge >= 0.3 is 0 Å². The van der Waals surface area contributed by atoms with Crippen LogP contribution < -0.4 is 5.56 Å². The second kappa shape index (κ2) is 7.24. The first kappa shape index (κ1) is 18.8. The second-order valence-corrected chi connectivity index (χ2v) is 9.53. The van der Waals surface area contributed by atoms with Crippen molar-refractivity contribution < 1.29 is 9.47 Å². The zero-order chi connectivity index (χ0) is 19.3. The number of rotatable bonds is 3. The van der Waals surface area contributed by atoms with Gasteiger partial charge in [-0.25, -0.2) is 0 Å². The maximum absolute atomic E-state index is 13.0. The van der Waals surface area contributed by atoms with E-state index in [4.69, 9.17) is 9.47 Å². The smallest absolute Gasteiger partial charge is 0.255 e. The molecule has 2 saturated heterocycles. The van der Waals surface area contributed by atoms with Crippen LogP contribution in [-0.4, -0.2) is 66.6 Å². The normalized spacial score (nSPS) is 30.1. The third-order valence-corrected chi connectivity index (χ3v) is 7.24. The van der Waals surface area contributed by atoms with Crippen molar-refractivity contribution in [3.63, 3.8) is 0 Å². The molecule has 2 atom stereocenters. The molecule has 1 saturated carbocycles. The van der Waals surface area contributed by atoms with Gasteiger partial charge in [0.15, 0.2) is 5.79 Å². The van der Waals surface area contributed by atoms with Crippen LogP contribution in [0.2, 0.25) is 0 Å². The number of aromatic nitrogens is 1. The predicted molar refractivity (Wildman–Crippen MR) is 107 cm³/mol. The van der Waals surface area contributed by atoms with Crippen molar-refractivity contribution in [2.45, 2.75) is 62.9 Å². The average Bonchev–Trinajstić information content (AvgIpc) is 3.12. The molecular formula is C22H33N3O3. The van der Waals surface area contributed by atoms with Gasteiger partial charge in [-0.3, -0.25) is 9.69 Å². The van der Waals surface area contributed by atoms with Gasteiger partial charge in [-0.2, -0.15) is 0 Å². The van der Waals surface area contributed by atoms with Crippen molar-refractivity contribution in [2.75, 3.05) is 40.4 Å². The van der Waals surface area contributed by atoms with Gasteiger partial charge in [0.2, 0.25) is 0 Å². The minimum atomic E-state index is -0.273. The molecule has 3 fully saturated rings. The quantitative estimate of drug-likeness (QED) is 0.794. The first-order valence-electron chi connectivity index (χ1n) is 10.9. The second-order valence-electron chi connectivity index (χ2n) is 9.53. The Morgan fingerprint density at radius 3 is 2.57 bits per heavy atom. The van der Waals surface area contributed by atoms with E-state index in [1.54, 1.807) is 0 Å². The summed E-state index contributed by atoms with van der Waals surface area (Å²) in [6, 6.07) is 4.92. The molecule has 1 spiro atoms. The van der Waals surface area contributed by atoms with Crippen LogP contribution in [0.3, 0.4) is 0 Å². The van der Waals surface area contributed by atoms with Crippen molar-refractivity contribution in [2.24, 2.45) is 5.92 Å².